The summed E-state index contributed by atoms with van der Waals surface area (Å²) in [5, 5.41) is 5.44. The van der Waals surface area contributed by atoms with Crippen LogP contribution >= 0.6 is 0 Å². The van der Waals surface area contributed by atoms with Crippen LogP contribution in [-0.2, 0) is 30.2 Å². The molecule has 3 rings (SSSR count). The van der Waals surface area contributed by atoms with Crippen molar-refractivity contribution in [2.24, 2.45) is 14.1 Å². The first-order chi connectivity index (χ1) is 13.9. The van der Waals surface area contributed by atoms with E-state index in [1.165, 1.54) is 9.13 Å². The lowest BCUT2D eigenvalue weighted by atomic mass is 10.2. The lowest BCUT2D eigenvalue weighted by molar-refractivity contribution is -0.124. The molecule has 3 aromatic rings. The minimum atomic E-state index is -0.322. The molecule has 9 heteroatoms. The lowest BCUT2D eigenvalue weighted by Crippen LogP contribution is -2.24. The SMILES string of the molecule is COc1ccc(CNC(=O)CCC(=O)Nc2ccc3c(n2)n(C)c(=O)n3C)cc1. The molecule has 0 unspecified atom stereocenters. The zero-order valence-corrected chi connectivity index (χ0v) is 16.6. The first kappa shape index (κ1) is 20.1. The normalized spacial score (nSPS) is 10.7. The zero-order valence-electron chi connectivity index (χ0n) is 16.6. The number of amides is 2. The van der Waals surface area contributed by atoms with E-state index < -0.39 is 0 Å². The summed E-state index contributed by atoms with van der Waals surface area (Å²) < 4.78 is 7.99. The summed E-state index contributed by atoms with van der Waals surface area (Å²) in [6.07, 6.45) is 0.0932. The molecule has 9 nitrogen and oxygen atoms in total. The van der Waals surface area contributed by atoms with Gasteiger partial charge in [-0.05, 0) is 29.8 Å². The van der Waals surface area contributed by atoms with Crippen molar-refractivity contribution in [2.75, 3.05) is 12.4 Å². The molecule has 2 N–H and O–H groups in total. The second kappa shape index (κ2) is 8.59. The van der Waals surface area contributed by atoms with E-state index in [4.69, 9.17) is 4.74 Å². The molecule has 0 radical (unpaired) electrons. The average Bonchev–Trinajstić information content (AvgIpc) is 2.95. The third-order valence-electron chi connectivity index (χ3n) is 4.60. The van der Waals surface area contributed by atoms with E-state index in [1.807, 2.05) is 24.3 Å². The number of hydrogen-bond acceptors (Lipinski definition) is 5. The van der Waals surface area contributed by atoms with Gasteiger partial charge in [-0.2, -0.15) is 0 Å². The Labute approximate surface area is 167 Å². The summed E-state index contributed by atoms with van der Waals surface area (Å²) in [7, 11) is 4.88. The van der Waals surface area contributed by atoms with E-state index in [0.717, 1.165) is 11.3 Å². The van der Waals surface area contributed by atoms with Crippen LogP contribution in [0.3, 0.4) is 0 Å². The molecule has 0 aliphatic heterocycles. The molecule has 0 aliphatic carbocycles. The quantitative estimate of drug-likeness (QED) is 0.625. The van der Waals surface area contributed by atoms with Crippen LogP contribution in [0, 0.1) is 0 Å². The average molecular weight is 397 g/mol. The number of aromatic nitrogens is 3. The maximum absolute atomic E-state index is 12.1. The predicted octanol–water partition coefficient (Wildman–Crippen LogP) is 1.32. The fraction of sp³-hybridized carbons (Fsp3) is 0.300. The van der Waals surface area contributed by atoms with Crippen LogP contribution in [-0.4, -0.2) is 33.0 Å². The maximum Gasteiger partial charge on any atom is 0.329 e. The molecule has 2 aromatic heterocycles. The highest BCUT2D eigenvalue weighted by Crippen LogP contribution is 2.14. The standard InChI is InChI=1S/C20H23N5O4/c1-24-15-8-9-16(23-19(15)25(2)20(24)28)22-18(27)11-10-17(26)21-12-13-4-6-14(29-3)7-5-13/h4-9H,10-12H2,1-3H3,(H,21,26)(H,22,23,27). The summed E-state index contributed by atoms with van der Waals surface area (Å²) >= 11 is 0. The van der Waals surface area contributed by atoms with Crippen molar-refractivity contribution >= 4 is 28.8 Å². The Bertz CT molecular complexity index is 1100. The number of aryl methyl sites for hydroxylation is 2. The van der Waals surface area contributed by atoms with Crippen LogP contribution in [0.1, 0.15) is 18.4 Å². The Morgan fingerprint density at radius 1 is 1.00 bits per heavy atom. The van der Waals surface area contributed by atoms with E-state index >= 15 is 0 Å². The predicted molar refractivity (Wildman–Crippen MR) is 109 cm³/mol. The smallest absolute Gasteiger partial charge is 0.329 e. The number of rotatable bonds is 7. The van der Waals surface area contributed by atoms with Gasteiger partial charge in [0.25, 0.3) is 0 Å². The number of pyridine rings is 1. The first-order valence-electron chi connectivity index (χ1n) is 9.11. The van der Waals surface area contributed by atoms with Gasteiger partial charge in [0.05, 0.1) is 12.6 Å². The molecule has 0 fully saturated rings. The molecule has 0 spiro atoms. The number of nitrogens with one attached hydrogen (secondary N) is 2. The van der Waals surface area contributed by atoms with Gasteiger partial charge in [-0.15, -0.1) is 0 Å². The molecule has 1 aromatic carbocycles. The molecular weight excluding hydrogens is 374 g/mol. The van der Waals surface area contributed by atoms with Crippen molar-refractivity contribution in [3.63, 3.8) is 0 Å². The number of carbonyl (C=O) groups excluding carboxylic acids is 2. The highest BCUT2D eigenvalue weighted by atomic mass is 16.5. The third-order valence-corrected chi connectivity index (χ3v) is 4.60. The number of ether oxygens (including phenoxy) is 1. The topological polar surface area (TPSA) is 107 Å². The molecule has 152 valence electrons. The largest absolute Gasteiger partial charge is 0.497 e. The highest BCUT2D eigenvalue weighted by Gasteiger charge is 2.12. The van der Waals surface area contributed by atoms with Gasteiger partial charge >= 0.3 is 5.69 Å². The zero-order chi connectivity index (χ0) is 21.0. The molecule has 2 heterocycles. The van der Waals surface area contributed by atoms with Crippen LogP contribution in [0.4, 0.5) is 5.82 Å². The van der Waals surface area contributed by atoms with Crippen molar-refractivity contribution in [3.05, 3.63) is 52.4 Å². The number of nitrogens with zero attached hydrogens (tertiary/aromatic N) is 3. The lowest BCUT2D eigenvalue weighted by Gasteiger charge is -2.07. The van der Waals surface area contributed by atoms with Crippen molar-refractivity contribution < 1.29 is 14.3 Å². The summed E-state index contributed by atoms with van der Waals surface area (Å²) in [6, 6.07) is 10.7. The van der Waals surface area contributed by atoms with E-state index in [1.54, 1.807) is 33.3 Å². The monoisotopic (exact) mass is 397 g/mol. The molecule has 0 atom stereocenters. The molecule has 0 aliphatic rings. The fourth-order valence-electron chi connectivity index (χ4n) is 2.90. The number of methoxy groups -OCH3 is 1. The fourth-order valence-corrected chi connectivity index (χ4v) is 2.90. The van der Waals surface area contributed by atoms with Gasteiger partial charge in [0, 0.05) is 33.5 Å². The van der Waals surface area contributed by atoms with Crippen LogP contribution in [0.25, 0.3) is 11.2 Å². The number of carbonyl (C=O) groups is 2. The summed E-state index contributed by atoms with van der Waals surface area (Å²) in [6.45, 7) is 0.380. The van der Waals surface area contributed by atoms with E-state index in [-0.39, 0.29) is 30.3 Å². The Morgan fingerprint density at radius 3 is 2.38 bits per heavy atom. The van der Waals surface area contributed by atoms with Gasteiger partial charge in [0.15, 0.2) is 5.65 Å². The van der Waals surface area contributed by atoms with Crippen LogP contribution in [0.2, 0.25) is 0 Å². The molecule has 0 saturated carbocycles. The number of benzene rings is 1. The van der Waals surface area contributed by atoms with Crippen molar-refractivity contribution in [1.29, 1.82) is 0 Å². The molecule has 0 saturated heterocycles. The van der Waals surface area contributed by atoms with Gasteiger partial charge in [-0.3, -0.25) is 18.7 Å². The second-order valence-corrected chi connectivity index (χ2v) is 6.61. The molecule has 29 heavy (non-hydrogen) atoms. The number of imidazole rings is 1. The van der Waals surface area contributed by atoms with Crippen LogP contribution in [0.15, 0.2) is 41.2 Å². The Hall–Kier alpha value is -3.62. The molecule has 0 bridgehead atoms. The Kier molecular flexibility index (Phi) is 5.96. The van der Waals surface area contributed by atoms with Gasteiger partial charge in [0.2, 0.25) is 11.8 Å². The second-order valence-electron chi connectivity index (χ2n) is 6.61. The van der Waals surface area contributed by atoms with Gasteiger partial charge in [-0.25, -0.2) is 9.78 Å². The van der Waals surface area contributed by atoms with Crippen LogP contribution in [0.5, 0.6) is 5.75 Å². The Morgan fingerprint density at radius 2 is 1.69 bits per heavy atom. The number of hydrogen-bond donors (Lipinski definition) is 2. The van der Waals surface area contributed by atoms with Gasteiger partial charge < -0.3 is 15.4 Å². The van der Waals surface area contributed by atoms with Gasteiger partial charge in [-0.1, -0.05) is 12.1 Å². The van der Waals surface area contributed by atoms with Crippen molar-refractivity contribution in [3.8, 4) is 5.75 Å². The summed E-state index contributed by atoms with van der Waals surface area (Å²) in [5.41, 5.74) is 1.90. The number of anilines is 1. The number of fused-ring (bicyclic) bond motifs is 1. The summed E-state index contributed by atoms with van der Waals surface area (Å²) in [5.74, 6) is 0.545. The van der Waals surface area contributed by atoms with Gasteiger partial charge in [0.1, 0.15) is 11.6 Å². The molecular formula is C20H23N5O4. The maximum atomic E-state index is 12.1. The third kappa shape index (κ3) is 4.63. The van der Waals surface area contributed by atoms with E-state index in [9.17, 15) is 14.4 Å². The van der Waals surface area contributed by atoms with Crippen LogP contribution < -0.4 is 21.1 Å². The van der Waals surface area contributed by atoms with Crippen molar-refractivity contribution in [1.82, 2.24) is 19.4 Å². The van der Waals surface area contributed by atoms with Crippen molar-refractivity contribution in [2.45, 2.75) is 19.4 Å². The minimum absolute atomic E-state index is 0.0296. The minimum Gasteiger partial charge on any atom is -0.497 e. The highest BCUT2D eigenvalue weighted by molar-refractivity contribution is 5.93. The van der Waals surface area contributed by atoms with E-state index in [2.05, 4.69) is 15.6 Å². The summed E-state index contributed by atoms with van der Waals surface area (Å²) in [4.78, 5) is 40.4. The first-order valence-corrected chi connectivity index (χ1v) is 9.11. The Balaban J connectivity index is 1.50. The van der Waals surface area contributed by atoms with E-state index in [0.29, 0.717) is 23.5 Å². The molecule has 2 amide bonds.